The molecule has 1 fully saturated rings. The lowest BCUT2D eigenvalue weighted by Crippen LogP contribution is -2.39. The van der Waals surface area contributed by atoms with Gasteiger partial charge >= 0.3 is 6.18 Å². The van der Waals surface area contributed by atoms with E-state index in [1.54, 1.807) is 7.05 Å². The Morgan fingerprint density at radius 1 is 1.10 bits per heavy atom. The lowest BCUT2D eigenvalue weighted by molar-refractivity contribution is -0.142. The van der Waals surface area contributed by atoms with Gasteiger partial charge in [0, 0.05) is 18.7 Å². The number of furan rings is 1. The molecule has 0 saturated heterocycles. The van der Waals surface area contributed by atoms with Gasteiger partial charge < -0.3 is 9.32 Å². The van der Waals surface area contributed by atoms with Crippen LogP contribution in [0.25, 0.3) is 0 Å². The topological polar surface area (TPSA) is 70.8 Å². The van der Waals surface area contributed by atoms with Crippen LogP contribution in [0.2, 0.25) is 0 Å². The molecule has 0 N–H and O–H groups in total. The van der Waals surface area contributed by atoms with E-state index in [9.17, 15) is 26.4 Å². The number of hydrogen-bond donors (Lipinski definition) is 0. The van der Waals surface area contributed by atoms with E-state index in [2.05, 4.69) is 0 Å². The zero-order chi connectivity index (χ0) is 22.6. The van der Waals surface area contributed by atoms with Gasteiger partial charge in [-0.05, 0) is 49.2 Å². The average molecular weight is 459 g/mol. The molecule has 0 unspecified atom stereocenters. The van der Waals surface area contributed by atoms with Crippen LogP contribution in [0.15, 0.2) is 52.0 Å². The maximum absolute atomic E-state index is 13.0. The predicted molar refractivity (Wildman–Crippen MR) is 108 cm³/mol. The van der Waals surface area contributed by atoms with E-state index in [1.807, 2.05) is 0 Å². The molecule has 2 aromatic rings. The summed E-state index contributed by atoms with van der Waals surface area (Å²) in [5.74, 6) is -0.649. The molecule has 10 heteroatoms. The number of sulfonamides is 1. The van der Waals surface area contributed by atoms with Crippen LogP contribution in [-0.2, 0) is 16.6 Å². The number of alkyl halides is 3. The Labute approximate surface area is 179 Å². The van der Waals surface area contributed by atoms with Crippen molar-refractivity contribution in [3.63, 3.8) is 0 Å². The highest BCUT2D eigenvalue weighted by Gasteiger charge is 2.34. The molecule has 1 saturated carbocycles. The predicted octanol–water partition coefficient (Wildman–Crippen LogP) is 4.44. The SMILES string of the molecule is CN(C1CCCCC1)S(=O)(=O)c1ccc(C(=O)N(Cc2ccco2)CC(F)(F)F)cc1. The van der Waals surface area contributed by atoms with Crippen molar-refractivity contribution in [2.45, 2.75) is 55.8 Å². The first-order chi connectivity index (χ1) is 14.6. The van der Waals surface area contributed by atoms with E-state index in [4.69, 9.17) is 4.42 Å². The number of carbonyl (C=O) groups excluding carboxylic acids is 1. The lowest BCUT2D eigenvalue weighted by atomic mass is 9.96. The van der Waals surface area contributed by atoms with Gasteiger partial charge in [-0.25, -0.2) is 8.42 Å². The van der Waals surface area contributed by atoms with Gasteiger partial charge in [-0.15, -0.1) is 0 Å². The Kier molecular flexibility index (Phi) is 7.10. The van der Waals surface area contributed by atoms with Gasteiger partial charge in [0.05, 0.1) is 17.7 Å². The maximum atomic E-state index is 13.0. The third kappa shape index (κ3) is 5.88. The minimum Gasteiger partial charge on any atom is -0.467 e. The minimum absolute atomic E-state index is 0.00512. The zero-order valence-electron chi connectivity index (χ0n) is 17.1. The van der Waals surface area contributed by atoms with Crippen LogP contribution < -0.4 is 0 Å². The van der Waals surface area contributed by atoms with Gasteiger partial charge in [-0.1, -0.05) is 19.3 Å². The van der Waals surface area contributed by atoms with Crippen LogP contribution in [0.4, 0.5) is 13.2 Å². The Morgan fingerprint density at radius 3 is 2.29 bits per heavy atom. The fourth-order valence-corrected chi connectivity index (χ4v) is 5.18. The first kappa shape index (κ1) is 23.3. The maximum Gasteiger partial charge on any atom is 0.406 e. The molecule has 3 rings (SSSR count). The van der Waals surface area contributed by atoms with Gasteiger partial charge in [0.1, 0.15) is 12.3 Å². The lowest BCUT2D eigenvalue weighted by Gasteiger charge is -2.30. The van der Waals surface area contributed by atoms with Crippen molar-refractivity contribution in [2.24, 2.45) is 0 Å². The quantitative estimate of drug-likeness (QED) is 0.615. The van der Waals surface area contributed by atoms with Gasteiger partial charge in [0.25, 0.3) is 5.91 Å². The van der Waals surface area contributed by atoms with Gasteiger partial charge in [0.15, 0.2) is 0 Å². The Balaban J connectivity index is 1.78. The second-order valence-electron chi connectivity index (χ2n) is 7.69. The van der Waals surface area contributed by atoms with E-state index in [1.165, 1.54) is 47.0 Å². The highest BCUT2D eigenvalue weighted by molar-refractivity contribution is 7.89. The summed E-state index contributed by atoms with van der Waals surface area (Å²) in [4.78, 5) is 13.3. The molecule has 1 amide bonds. The molecule has 1 aliphatic carbocycles. The van der Waals surface area contributed by atoms with E-state index in [-0.39, 0.29) is 28.8 Å². The van der Waals surface area contributed by atoms with Crippen LogP contribution in [0.5, 0.6) is 0 Å². The molecule has 1 aliphatic rings. The van der Waals surface area contributed by atoms with Gasteiger partial charge in [-0.3, -0.25) is 4.79 Å². The van der Waals surface area contributed by atoms with Crippen molar-refractivity contribution in [1.82, 2.24) is 9.21 Å². The van der Waals surface area contributed by atoms with Crippen LogP contribution in [0.3, 0.4) is 0 Å². The molecule has 0 aliphatic heterocycles. The average Bonchev–Trinajstić information content (AvgIpc) is 3.25. The molecule has 0 bridgehead atoms. The molecule has 31 heavy (non-hydrogen) atoms. The van der Waals surface area contributed by atoms with Gasteiger partial charge in [0.2, 0.25) is 10.0 Å². The van der Waals surface area contributed by atoms with Crippen LogP contribution in [-0.4, -0.2) is 49.3 Å². The van der Waals surface area contributed by atoms with E-state index >= 15 is 0 Å². The standard InChI is InChI=1S/C21H25F3N2O4S/c1-25(17-6-3-2-4-7-17)31(28,29)19-11-9-16(10-12-19)20(27)26(15-21(22,23)24)14-18-8-5-13-30-18/h5,8-13,17H,2-4,6-7,14-15H2,1H3. The Morgan fingerprint density at radius 2 is 1.74 bits per heavy atom. The molecular weight excluding hydrogens is 433 g/mol. The zero-order valence-corrected chi connectivity index (χ0v) is 18.0. The summed E-state index contributed by atoms with van der Waals surface area (Å²) in [6.45, 7) is -1.80. The van der Waals surface area contributed by atoms with E-state index in [0.29, 0.717) is 4.90 Å². The molecular formula is C21H25F3N2O4S. The molecule has 0 radical (unpaired) electrons. The third-order valence-corrected chi connectivity index (χ3v) is 7.38. The molecule has 170 valence electrons. The highest BCUT2D eigenvalue weighted by atomic mass is 32.2. The number of rotatable bonds is 7. The largest absolute Gasteiger partial charge is 0.467 e. The summed E-state index contributed by atoms with van der Waals surface area (Å²) in [6, 6.07) is 7.95. The highest BCUT2D eigenvalue weighted by Crippen LogP contribution is 2.27. The molecule has 0 spiro atoms. The Bertz CT molecular complexity index is 967. The second-order valence-corrected chi connectivity index (χ2v) is 9.69. The van der Waals surface area contributed by atoms with E-state index < -0.39 is 28.7 Å². The number of hydrogen-bond acceptors (Lipinski definition) is 4. The Hall–Kier alpha value is -2.33. The third-order valence-electron chi connectivity index (χ3n) is 5.45. The molecule has 0 atom stereocenters. The number of benzene rings is 1. The summed E-state index contributed by atoms with van der Waals surface area (Å²) in [5, 5.41) is 0. The second kappa shape index (κ2) is 9.44. The monoisotopic (exact) mass is 458 g/mol. The van der Waals surface area contributed by atoms with Gasteiger partial charge in [-0.2, -0.15) is 17.5 Å². The van der Waals surface area contributed by atoms with Crippen LogP contribution in [0, 0.1) is 0 Å². The molecule has 1 heterocycles. The number of amides is 1. The van der Waals surface area contributed by atoms with Crippen molar-refractivity contribution in [3.05, 3.63) is 54.0 Å². The van der Waals surface area contributed by atoms with Crippen LogP contribution >= 0.6 is 0 Å². The molecule has 1 aromatic carbocycles. The summed E-state index contributed by atoms with van der Waals surface area (Å²) < 4.78 is 71.2. The van der Waals surface area contributed by atoms with Crippen molar-refractivity contribution in [3.8, 4) is 0 Å². The van der Waals surface area contributed by atoms with Crippen molar-refractivity contribution in [2.75, 3.05) is 13.6 Å². The first-order valence-electron chi connectivity index (χ1n) is 10.0. The summed E-state index contributed by atoms with van der Waals surface area (Å²) in [7, 11) is -2.22. The summed E-state index contributed by atoms with van der Waals surface area (Å²) in [6.07, 6.45) is 1.36. The number of nitrogens with zero attached hydrogens (tertiary/aromatic N) is 2. The summed E-state index contributed by atoms with van der Waals surface area (Å²) in [5.41, 5.74) is -0.0323. The first-order valence-corrected chi connectivity index (χ1v) is 11.5. The van der Waals surface area contributed by atoms with Crippen molar-refractivity contribution < 1.29 is 30.8 Å². The number of halogens is 3. The van der Waals surface area contributed by atoms with Crippen molar-refractivity contribution in [1.29, 1.82) is 0 Å². The number of carbonyl (C=O) groups is 1. The fraction of sp³-hybridized carbons (Fsp3) is 0.476. The minimum atomic E-state index is -4.59. The summed E-state index contributed by atoms with van der Waals surface area (Å²) >= 11 is 0. The van der Waals surface area contributed by atoms with E-state index in [0.717, 1.165) is 32.1 Å². The molecule has 6 nitrogen and oxygen atoms in total. The molecule has 1 aromatic heterocycles. The fourth-order valence-electron chi connectivity index (χ4n) is 3.77. The van der Waals surface area contributed by atoms with Crippen molar-refractivity contribution >= 4 is 15.9 Å². The van der Waals surface area contributed by atoms with Crippen LogP contribution in [0.1, 0.15) is 48.2 Å². The smallest absolute Gasteiger partial charge is 0.406 e. The normalized spacial score (nSPS) is 15.9.